The molecule has 1 aromatic heterocycles. The van der Waals surface area contributed by atoms with Crippen LogP contribution < -0.4 is 10.1 Å². The minimum atomic E-state index is -0.498. The molecule has 1 heterocycles. The van der Waals surface area contributed by atoms with Crippen LogP contribution in [-0.2, 0) is 11.2 Å². The Bertz CT molecular complexity index is 916. The van der Waals surface area contributed by atoms with Crippen molar-refractivity contribution < 1.29 is 24.5 Å². The molecule has 1 amide bonds. The quantitative estimate of drug-likeness (QED) is 0.578. The van der Waals surface area contributed by atoms with Crippen molar-refractivity contribution in [2.45, 2.75) is 70.9 Å². The van der Waals surface area contributed by atoms with Crippen LogP contribution >= 0.6 is 0 Å². The number of amides is 1. The number of nitrogens with zero attached hydrogens (tertiary/aromatic N) is 1. The van der Waals surface area contributed by atoms with Gasteiger partial charge in [0.2, 0.25) is 0 Å². The molecule has 1 fully saturated rings. The second-order valence-electron chi connectivity index (χ2n) is 9.86. The number of carbonyl (C=O) groups is 1. The van der Waals surface area contributed by atoms with Crippen molar-refractivity contribution >= 4 is 17.0 Å². The number of alkyl carbamates (subject to hydrolysis) is 1. The molecule has 1 unspecified atom stereocenters. The maximum absolute atomic E-state index is 12.0. The van der Waals surface area contributed by atoms with E-state index in [0.717, 1.165) is 48.6 Å². The van der Waals surface area contributed by atoms with Gasteiger partial charge in [-0.15, -0.1) is 0 Å². The maximum Gasteiger partial charge on any atom is 0.407 e. The van der Waals surface area contributed by atoms with Crippen LogP contribution in [0.2, 0.25) is 0 Å². The first kappa shape index (κ1) is 24.1. The van der Waals surface area contributed by atoms with Crippen molar-refractivity contribution in [3.05, 3.63) is 30.0 Å². The molecule has 1 aliphatic carbocycles. The standard InChI is InChI=1S/C25H36N2O5/c1-25(2,3)32-24(30)27-18-7-5-16(6-8-18)11-17(15-28)12-21-20-13-19(31-4)9-10-22(20)26-14-23(21)29/h9-10,13-14,16-18,28-29H,5-8,11-12,15H2,1-4H3,(H,27,30). The average Bonchev–Trinajstić information content (AvgIpc) is 2.74. The number of aliphatic hydroxyl groups is 1. The Balaban J connectivity index is 1.59. The molecule has 1 aliphatic rings. The van der Waals surface area contributed by atoms with Crippen molar-refractivity contribution in [2.24, 2.45) is 11.8 Å². The smallest absolute Gasteiger partial charge is 0.407 e. The van der Waals surface area contributed by atoms with Gasteiger partial charge in [-0.2, -0.15) is 0 Å². The molecule has 7 heteroatoms. The van der Waals surface area contributed by atoms with Gasteiger partial charge in [-0.3, -0.25) is 4.98 Å². The lowest BCUT2D eigenvalue weighted by atomic mass is 9.79. The zero-order valence-corrected chi connectivity index (χ0v) is 19.6. The summed E-state index contributed by atoms with van der Waals surface area (Å²) in [6.45, 7) is 5.64. The summed E-state index contributed by atoms with van der Waals surface area (Å²) in [4.78, 5) is 16.3. The van der Waals surface area contributed by atoms with Gasteiger partial charge in [0.15, 0.2) is 0 Å². The fraction of sp³-hybridized carbons (Fsp3) is 0.600. The second-order valence-corrected chi connectivity index (χ2v) is 9.86. The number of aromatic nitrogens is 1. The van der Waals surface area contributed by atoms with Crippen LogP contribution in [-0.4, -0.2) is 46.6 Å². The van der Waals surface area contributed by atoms with Gasteiger partial charge in [0.1, 0.15) is 17.1 Å². The van der Waals surface area contributed by atoms with Crippen molar-refractivity contribution in [1.29, 1.82) is 0 Å². The summed E-state index contributed by atoms with van der Waals surface area (Å²) in [6.07, 6.45) is 6.37. The van der Waals surface area contributed by atoms with Gasteiger partial charge in [-0.25, -0.2) is 4.79 Å². The number of fused-ring (bicyclic) bond motifs is 1. The van der Waals surface area contributed by atoms with Gasteiger partial charge in [0.05, 0.1) is 18.8 Å². The SMILES string of the molecule is COc1ccc2ncc(O)c(CC(CO)CC3CCC(NC(=O)OC(C)(C)C)CC3)c2c1. The van der Waals surface area contributed by atoms with Crippen LogP contribution in [0.1, 0.15) is 58.4 Å². The molecule has 0 radical (unpaired) electrons. The molecule has 3 rings (SSSR count). The lowest BCUT2D eigenvalue weighted by Crippen LogP contribution is -2.41. The number of ether oxygens (including phenoxy) is 2. The van der Waals surface area contributed by atoms with Gasteiger partial charge >= 0.3 is 6.09 Å². The number of pyridine rings is 1. The average molecular weight is 445 g/mol. The van der Waals surface area contributed by atoms with Gasteiger partial charge in [-0.05, 0) is 89.3 Å². The molecule has 1 atom stereocenters. The zero-order chi connectivity index (χ0) is 23.3. The van der Waals surface area contributed by atoms with E-state index in [0.29, 0.717) is 18.1 Å². The summed E-state index contributed by atoms with van der Waals surface area (Å²) >= 11 is 0. The van der Waals surface area contributed by atoms with Crippen molar-refractivity contribution in [2.75, 3.05) is 13.7 Å². The highest BCUT2D eigenvalue weighted by molar-refractivity contribution is 5.85. The molecule has 0 bridgehead atoms. The summed E-state index contributed by atoms with van der Waals surface area (Å²) in [7, 11) is 1.61. The monoisotopic (exact) mass is 444 g/mol. The molecule has 32 heavy (non-hydrogen) atoms. The topological polar surface area (TPSA) is 101 Å². The molecular formula is C25H36N2O5. The van der Waals surface area contributed by atoms with E-state index in [2.05, 4.69) is 10.3 Å². The Labute approximate surface area is 190 Å². The van der Waals surface area contributed by atoms with Crippen LogP contribution in [0, 0.1) is 11.8 Å². The van der Waals surface area contributed by atoms with E-state index in [1.54, 1.807) is 7.11 Å². The summed E-state index contributed by atoms with van der Waals surface area (Å²) in [5.74, 6) is 1.38. The second kappa shape index (κ2) is 10.4. The lowest BCUT2D eigenvalue weighted by molar-refractivity contribution is 0.0484. The number of hydrogen-bond acceptors (Lipinski definition) is 6. The Morgan fingerprint density at radius 2 is 1.97 bits per heavy atom. The van der Waals surface area contributed by atoms with Gasteiger partial charge < -0.3 is 25.0 Å². The molecule has 0 saturated heterocycles. The number of methoxy groups -OCH3 is 1. The summed E-state index contributed by atoms with van der Waals surface area (Å²) in [5, 5.41) is 24.4. The third-order valence-corrected chi connectivity index (χ3v) is 6.15. The minimum Gasteiger partial charge on any atom is -0.506 e. The number of nitrogens with one attached hydrogen (secondary N) is 1. The van der Waals surface area contributed by atoms with Gasteiger partial charge in [-0.1, -0.05) is 0 Å². The maximum atomic E-state index is 12.0. The number of aromatic hydroxyl groups is 1. The Morgan fingerprint density at radius 3 is 2.59 bits per heavy atom. The van der Waals surface area contributed by atoms with E-state index in [1.165, 1.54) is 6.20 Å². The van der Waals surface area contributed by atoms with Crippen LogP contribution in [0.15, 0.2) is 24.4 Å². The largest absolute Gasteiger partial charge is 0.506 e. The van der Waals surface area contributed by atoms with Crippen LogP contribution in [0.3, 0.4) is 0 Å². The van der Waals surface area contributed by atoms with E-state index in [-0.39, 0.29) is 30.4 Å². The summed E-state index contributed by atoms with van der Waals surface area (Å²) < 4.78 is 10.7. The van der Waals surface area contributed by atoms with E-state index >= 15 is 0 Å². The zero-order valence-electron chi connectivity index (χ0n) is 19.6. The van der Waals surface area contributed by atoms with Crippen molar-refractivity contribution in [3.8, 4) is 11.5 Å². The fourth-order valence-electron chi connectivity index (χ4n) is 4.56. The lowest BCUT2D eigenvalue weighted by Gasteiger charge is -2.31. The van der Waals surface area contributed by atoms with Crippen LogP contribution in [0.4, 0.5) is 4.79 Å². The molecule has 0 spiro atoms. The Hall–Kier alpha value is -2.54. The van der Waals surface area contributed by atoms with Crippen molar-refractivity contribution in [3.63, 3.8) is 0 Å². The predicted molar refractivity (Wildman–Crippen MR) is 124 cm³/mol. The van der Waals surface area contributed by atoms with Crippen LogP contribution in [0.25, 0.3) is 10.9 Å². The highest BCUT2D eigenvalue weighted by Crippen LogP contribution is 2.34. The highest BCUT2D eigenvalue weighted by Gasteiger charge is 2.27. The number of rotatable bonds is 7. The third kappa shape index (κ3) is 6.48. The molecule has 2 aromatic rings. The summed E-state index contributed by atoms with van der Waals surface area (Å²) in [6, 6.07) is 5.75. The Kier molecular flexibility index (Phi) is 7.82. The normalized spacial score (nSPS) is 20.0. The van der Waals surface area contributed by atoms with E-state index < -0.39 is 5.60 Å². The fourth-order valence-corrected chi connectivity index (χ4v) is 4.56. The molecule has 1 saturated carbocycles. The summed E-state index contributed by atoms with van der Waals surface area (Å²) in [5.41, 5.74) is 1.10. The van der Waals surface area contributed by atoms with Crippen LogP contribution in [0.5, 0.6) is 11.5 Å². The molecule has 3 N–H and O–H groups in total. The van der Waals surface area contributed by atoms with E-state index in [9.17, 15) is 15.0 Å². The molecule has 1 aromatic carbocycles. The van der Waals surface area contributed by atoms with E-state index in [1.807, 2.05) is 39.0 Å². The first-order valence-electron chi connectivity index (χ1n) is 11.4. The molecular weight excluding hydrogens is 408 g/mol. The number of hydrogen-bond donors (Lipinski definition) is 3. The highest BCUT2D eigenvalue weighted by atomic mass is 16.6. The Morgan fingerprint density at radius 1 is 1.25 bits per heavy atom. The third-order valence-electron chi connectivity index (χ3n) is 6.15. The molecule has 7 nitrogen and oxygen atoms in total. The van der Waals surface area contributed by atoms with E-state index in [4.69, 9.17) is 9.47 Å². The van der Waals surface area contributed by atoms with Gasteiger partial charge in [0.25, 0.3) is 0 Å². The van der Waals surface area contributed by atoms with Gasteiger partial charge in [0, 0.05) is 23.6 Å². The molecule has 0 aliphatic heterocycles. The van der Waals surface area contributed by atoms with Crippen molar-refractivity contribution in [1.82, 2.24) is 10.3 Å². The predicted octanol–water partition coefficient (Wildman–Crippen LogP) is 4.57. The number of benzene rings is 1. The first-order chi connectivity index (χ1) is 15.2. The minimum absolute atomic E-state index is 0.0399. The first-order valence-corrected chi connectivity index (χ1v) is 11.4. The molecule has 176 valence electrons. The number of carbonyl (C=O) groups excluding carboxylic acids is 1. The number of aliphatic hydroxyl groups excluding tert-OH is 1.